The first kappa shape index (κ1) is 14.4. The first-order valence-electron chi connectivity index (χ1n) is 6.87. The molecule has 0 bridgehead atoms. The number of carbonyl (C=O) groups excluding carboxylic acids is 1. The highest BCUT2D eigenvalue weighted by atomic mass is 16.1. The minimum absolute atomic E-state index is 0.0883. The van der Waals surface area contributed by atoms with E-state index in [1.54, 1.807) is 0 Å². The number of hydrogen-bond acceptors (Lipinski definition) is 2. The standard InChI is InChI=1S/C17H22N2O/c1-17(2,3)15-10-9-14(16(18)20)12-19(15)11-13-7-5-4-6-8-13/h4-10,12,15H,11H2,1-3H3,(H2,18,20). The van der Waals surface area contributed by atoms with Gasteiger partial charge in [-0.1, -0.05) is 57.2 Å². The van der Waals surface area contributed by atoms with E-state index in [-0.39, 0.29) is 17.4 Å². The summed E-state index contributed by atoms with van der Waals surface area (Å²) < 4.78 is 0. The van der Waals surface area contributed by atoms with Crippen LogP contribution in [0.2, 0.25) is 0 Å². The Bertz CT molecular complexity index is 538. The van der Waals surface area contributed by atoms with Gasteiger partial charge in [-0.25, -0.2) is 0 Å². The normalized spacial score (nSPS) is 18.9. The predicted molar refractivity (Wildman–Crippen MR) is 81.6 cm³/mol. The van der Waals surface area contributed by atoms with Crippen molar-refractivity contribution in [3.63, 3.8) is 0 Å². The molecule has 2 N–H and O–H groups in total. The molecule has 1 aromatic rings. The molecule has 0 saturated carbocycles. The van der Waals surface area contributed by atoms with Crippen molar-refractivity contribution in [2.24, 2.45) is 11.1 Å². The van der Waals surface area contributed by atoms with Gasteiger partial charge in [-0.05, 0) is 17.1 Å². The van der Waals surface area contributed by atoms with Gasteiger partial charge < -0.3 is 10.6 Å². The summed E-state index contributed by atoms with van der Waals surface area (Å²) in [6, 6.07) is 10.5. The summed E-state index contributed by atoms with van der Waals surface area (Å²) in [5, 5.41) is 0. The van der Waals surface area contributed by atoms with Gasteiger partial charge in [0.05, 0.1) is 11.6 Å². The van der Waals surface area contributed by atoms with Gasteiger partial charge in [-0.2, -0.15) is 0 Å². The Morgan fingerprint density at radius 1 is 1.25 bits per heavy atom. The molecule has 1 atom stereocenters. The minimum atomic E-state index is -0.383. The fourth-order valence-corrected chi connectivity index (χ4v) is 2.48. The summed E-state index contributed by atoms with van der Waals surface area (Å²) in [6.07, 6.45) is 5.79. The predicted octanol–water partition coefficient (Wildman–Crippen LogP) is 2.84. The molecule has 1 amide bonds. The summed E-state index contributed by atoms with van der Waals surface area (Å²) in [6.45, 7) is 7.36. The van der Waals surface area contributed by atoms with Crippen LogP contribution in [0.3, 0.4) is 0 Å². The number of nitrogens with two attached hydrogens (primary N) is 1. The van der Waals surface area contributed by atoms with Crippen molar-refractivity contribution in [1.29, 1.82) is 0 Å². The number of carbonyl (C=O) groups is 1. The van der Waals surface area contributed by atoms with Crippen LogP contribution in [-0.2, 0) is 11.3 Å². The monoisotopic (exact) mass is 270 g/mol. The Kier molecular flexibility index (Phi) is 3.98. The molecule has 1 aliphatic rings. The minimum Gasteiger partial charge on any atom is -0.366 e. The molecule has 20 heavy (non-hydrogen) atoms. The van der Waals surface area contributed by atoms with Crippen LogP contribution in [0.5, 0.6) is 0 Å². The van der Waals surface area contributed by atoms with E-state index >= 15 is 0 Å². The molecule has 3 heteroatoms. The van der Waals surface area contributed by atoms with E-state index in [9.17, 15) is 4.79 Å². The molecule has 106 valence electrons. The molecule has 0 fully saturated rings. The highest BCUT2D eigenvalue weighted by Crippen LogP contribution is 2.30. The lowest BCUT2D eigenvalue weighted by molar-refractivity contribution is -0.114. The average molecular weight is 270 g/mol. The average Bonchev–Trinajstić information content (AvgIpc) is 2.38. The smallest absolute Gasteiger partial charge is 0.250 e. The summed E-state index contributed by atoms with van der Waals surface area (Å²) >= 11 is 0. The maximum atomic E-state index is 11.4. The van der Waals surface area contributed by atoms with E-state index in [0.29, 0.717) is 5.57 Å². The topological polar surface area (TPSA) is 46.3 Å². The molecule has 0 aliphatic carbocycles. The van der Waals surface area contributed by atoms with Crippen LogP contribution in [0, 0.1) is 5.41 Å². The maximum absolute atomic E-state index is 11.4. The van der Waals surface area contributed by atoms with Gasteiger partial charge in [-0.3, -0.25) is 4.79 Å². The van der Waals surface area contributed by atoms with E-state index < -0.39 is 0 Å². The number of rotatable bonds is 3. The molecule has 0 aromatic heterocycles. The largest absolute Gasteiger partial charge is 0.366 e. The molecule has 1 aromatic carbocycles. The first-order valence-corrected chi connectivity index (χ1v) is 6.87. The van der Waals surface area contributed by atoms with E-state index in [4.69, 9.17) is 5.73 Å². The van der Waals surface area contributed by atoms with Crippen molar-refractivity contribution in [1.82, 2.24) is 4.90 Å². The molecule has 1 unspecified atom stereocenters. The Morgan fingerprint density at radius 2 is 1.90 bits per heavy atom. The van der Waals surface area contributed by atoms with Crippen molar-refractivity contribution in [2.45, 2.75) is 33.4 Å². The van der Waals surface area contributed by atoms with Crippen LogP contribution < -0.4 is 5.73 Å². The Labute approximate surface area is 120 Å². The maximum Gasteiger partial charge on any atom is 0.250 e. The molecule has 0 saturated heterocycles. The third kappa shape index (κ3) is 3.29. The second-order valence-electron chi connectivity index (χ2n) is 6.28. The zero-order chi connectivity index (χ0) is 14.8. The SMILES string of the molecule is CC(C)(C)C1C=CC(C(N)=O)=CN1Cc1ccccc1. The van der Waals surface area contributed by atoms with Crippen molar-refractivity contribution in [3.8, 4) is 0 Å². The van der Waals surface area contributed by atoms with Gasteiger partial charge in [0.1, 0.15) is 0 Å². The van der Waals surface area contributed by atoms with Crippen LogP contribution in [0.1, 0.15) is 26.3 Å². The molecule has 0 spiro atoms. The molecule has 3 nitrogen and oxygen atoms in total. The number of amides is 1. The van der Waals surface area contributed by atoms with E-state index in [2.05, 4.69) is 43.9 Å². The Balaban J connectivity index is 2.28. The lowest BCUT2D eigenvalue weighted by atomic mass is 9.83. The van der Waals surface area contributed by atoms with Crippen molar-refractivity contribution in [2.75, 3.05) is 0 Å². The van der Waals surface area contributed by atoms with E-state index in [1.807, 2.05) is 30.5 Å². The quantitative estimate of drug-likeness (QED) is 0.918. The summed E-state index contributed by atoms with van der Waals surface area (Å²) in [4.78, 5) is 13.6. The molecule has 1 heterocycles. The van der Waals surface area contributed by atoms with Gasteiger partial charge in [0.25, 0.3) is 0 Å². The highest BCUT2D eigenvalue weighted by molar-refractivity contribution is 5.94. The van der Waals surface area contributed by atoms with E-state index in [1.165, 1.54) is 5.56 Å². The molecular weight excluding hydrogens is 248 g/mol. The first-order chi connectivity index (χ1) is 9.38. The third-order valence-corrected chi connectivity index (χ3v) is 3.50. The Morgan fingerprint density at radius 3 is 2.45 bits per heavy atom. The summed E-state index contributed by atoms with van der Waals surface area (Å²) in [5.41, 5.74) is 7.26. The molecular formula is C17H22N2O. The van der Waals surface area contributed by atoms with Crippen LogP contribution in [0.15, 0.2) is 54.3 Å². The zero-order valence-corrected chi connectivity index (χ0v) is 12.3. The highest BCUT2D eigenvalue weighted by Gasteiger charge is 2.29. The zero-order valence-electron chi connectivity index (χ0n) is 12.3. The van der Waals surface area contributed by atoms with Gasteiger partial charge in [0.15, 0.2) is 0 Å². The van der Waals surface area contributed by atoms with Gasteiger partial charge in [-0.15, -0.1) is 0 Å². The van der Waals surface area contributed by atoms with Gasteiger partial charge in [0.2, 0.25) is 5.91 Å². The summed E-state index contributed by atoms with van der Waals surface area (Å²) in [5.74, 6) is -0.383. The molecule has 0 radical (unpaired) electrons. The van der Waals surface area contributed by atoms with Gasteiger partial charge >= 0.3 is 0 Å². The molecule has 2 rings (SSSR count). The van der Waals surface area contributed by atoms with Crippen LogP contribution >= 0.6 is 0 Å². The lowest BCUT2D eigenvalue weighted by Crippen LogP contribution is -2.41. The second-order valence-corrected chi connectivity index (χ2v) is 6.28. The number of nitrogens with zero attached hydrogens (tertiary/aromatic N) is 1. The van der Waals surface area contributed by atoms with Crippen molar-refractivity contribution >= 4 is 5.91 Å². The lowest BCUT2D eigenvalue weighted by Gasteiger charge is -2.40. The van der Waals surface area contributed by atoms with Gasteiger partial charge in [0, 0.05) is 12.7 Å². The van der Waals surface area contributed by atoms with Crippen molar-refractivity contribution < 1.29 is 4.79 Å². The fraction of sp³-hybridized carbons (Fsp3) is 0.353. The third-order valence-electron chi connectivity index (χ3n) is 3.50. The summed E-state index contributed by atoms with van der Waals surface area (Å²) in [7, 11) is 0. The van der Waals surface area contributed by atoms with Crippen LogP contribution in [0.4, 0.5) is 0 Å². The number of primary amides is 1. The van der Waals surface area contributed by atoms with E-state index in [0.717, 1.165) is 6.54 Å². The number of benzene rings is 1. The van der Waals surface area contributed by atoms with Crippen LogP contribution in [0.25, 0.3) is 0 Å². The molecule has 1 aliphatic heterocycles. The van der Waals surface area contributed by atoms with Crippen molar-refractivity contribution in [3.05, 3.63) is 59.8 Å². The Hall–Kier alpha value is -2.03. The van der Waals surface area contributed by atoms with Crippen LogP contribution in [-0.4, -0.2) is 16.8 Å². The number of hydrogen-bond donors (Lipinski definition) is 1. The fourth-order valence-electron chi connectivity index (χ4n) is 2.48. The second kappa shape index (κ2) is 5.53.